The standard InChI is InChI=1S/C16H18O6/c1-7-5-9(17)6-10-11(7)16(22-14(10)20)12(13(18)19)15(3,4)8(2)21-16/h5-6,8,12,17H,1-4H3,(H,18,19). The van der Waals surface area contributed by atoms with E-state index in [1.807, 2.05) is 0 Å². The molecule has 1 aromatic rings. The van der Waals surface area contributed by atoms with Gasteiger partial charge in [0.25, 0.3) is 5.79 Å². The number of hydrogen-bond donors (Lipinski definition) is 2. The van der Waals surface area contributed by atoms with Crippen LogP contribution in [-0.2, 0) is 20.1 Å². The van der Waals surface area contributed by atoms with Gasteiger partial charge in [0.1, 0.15) is 11.7 Å². The second-order valence-electron chi connectivity index (χ2n) is 6.59. The average Bonchev–Trinajstić information content (AvgIpc) is 2.71. The van der Waals surface area contributed by atoms with E-state index in [2.05, 4.69) is 0 Å². The Morgan fingerprint density at radius 2 is 1.95 bits per heavy atom. The maximum absolute atomic E-state index is 12.2. The van der Waals surface area contributed by atoms with Gasteiger partial charge in [-0.25, -0.2) is 4.79 Å². The molecule has 118 valence electrons. The number of carboxylic acid groups (broad SMARTS) is 1. The number of aromatic hydroxyl groups is 1. The molecule has 0 saturated carbocycles. The van der Waals surface area contributed by atoms with Crippen molar-refractivity contribution >= 4 is 11.9 Å². The second-order valence-corrected chi connectivity index (χ2v) is 6.59. The first-order valence-electron chi connectivity index (χ1n) is 7.09. The number of carbonyl (C=O) groups excluding carboxylic acids is 1. The maximum Gasteiger partial charge on any atom is 0.341 e. The molecule has 1 aromatic carbocycles. The van der Waals surface area contributed by atoms with Crippen molar-refractivity contribution < 1.29 is 29.3 Å². The Bertz CT molecular complexity index is 692. The van der Waals surface area contributed by atoms with Crippen LogP contribution in [0.25, 0.3) is 0 Å². The number of ether oxygens (including phenoxy) is 2. The van der Waals surface area contributed by atoms with Gasteiger partial charge in [0.2, 0.25) is 0 Å². The van der Waals surface area contributed by atoms with Crippen LogP contribution in [0, 0.1) is 18.3 Å². The smallest absolute Gasteiger partial charge is 0.341 e. The zero-order valence-electron chi connectivity index (χ0n) is 12.8. The number of carboxylic acids is 1. The number of esters is 1. The molecule has 3 rings (SSSR count). The van der Waals surface area contributed by atoms with Crippen LogP contribution in [0.5, 0.6) is 5.75 Å². The van der Waals surface area contributed by atoms with Crippen molar-refractivity contribution in [3.05, 3.63) is 28.8 Å². The number of carbonyl (C=O) groups is 2. The molecule has 6 nitrogen and oxygen atoms in total. The van der Waals surface area contributed by atoms with E-state index in [1.54, 1.807) is 27.7 Å². The first-order valence-corrected chi connectivity index (χ1v) is 7.09. The third-order valence-electron chi connectivity index (χ3n) is 4.90. The van der Waals surface area contributed by atoms with Gasteiger partial charge in [-0.05, 0) is 31.5 Å². The first-order chi connectivity index (χ1) is 10.1. The molecule has 22 heavy (non-hydrogen) atoms. The number of rotatable bonds is 1. The molecule has 2 aliphatic heterocycles. The van der Waals surface area contributed by atoms with Crippen molar-refractivity contribution in [1.29, 1.82) is 0 Å². The molecular formula is C16H18O6. The molecule has 0 aromatic heterocycles. The zero-order chi connectivity index (χ0) is 16.4. The predicted octanol–water partition coefficient (Wildman–Crippen LogP) is 2.17. The lowest BCUT2D eigenvalue weighted by Gasteiger charge is -2.31. The van der Waals surface area contributed by atoms with Crippen LogP contribution in [0.4, 0.5) is 0 Å². The van der Waals surface area contributed by atoms with Crippen LogP contribution in [0.2, 0.25) is 0 Å². The fourth-order valence-corrected chi connectivity index (χ4v) is 3.61. The quantitative estimate of drug-likeness (QED) is 0.772. The minimum Gasteiger partial charge on any atom is -0.508 e. The third kappa shape index (κ3) is 1.64. The number of aliphatic carboxylic acids is 1. The molecule has 3 unspecified atom stereocenters. The predicted molar refractivity (Wildman–Crippen MR) is 75.4 cm³/mol. The summed E-state index contributed by atoms with van der Waals surface area (Å²) in [6.45, 7) is 7.03. The highest BCUT2D eigenvalue weighted by Gasteiger charge is 2.68. The van der Waals surface area contributed by atoms with E-state index in [1.165, 1.54) is 12.1 Å². The number of aryl methyl sites for hydroxylation is 1. The summed E-state index contributed by atoms with van der Waals surface area (Å²) in [5, 5.41) is 19.4. The van der Waals surface area contributed by atoms with E-state index in [0.717, 1.165) is 0 Å². The van der Waals surface area contributed by atoms with Crippen molar-refractivity contribution in [3.63, 3.8) is 0 Å². The van der Waals surface area contributed by atoms with E-state index < -0.39 is 35.2 Å². The molecule has 0 bridgehead atoms. The van der Waals surface area contributed by atoms with Crippen LogP contribution in [0.1, 0.15) is 42.3 Å². The van der Waals surface area contributed by atoms with Gasteiger partial charge >= 0.3 is 11.9 Å². The van der Waals surface area contributed by atoms with E-state index >= 15 is 0 Å². The third-order valence-corrected chi connectivity index (χ3v) is 4.90. The summed E-state index contributed by atoms with van der Waals surface area (Å²) in [4.78, 5) is 24.1. The van der Waals surface area contributed by atoms with Crippen LogP contribution in [0.15, 0.2) is 12.1 Å². The average molecular weight is 306 g/mol. The summed E-state index contributed by atoms with van der Waals surface area (Å²) < 4.78 is 11.4. The Hall–Kier alpha value is -2.08. The lowest BCUT2D eigenvalue weighted by atomic mass is 9.71. The van der Waals surface area contributed by atoms with Gasteiger partial charge in [0.05, 0.1) is 11.7 Å². The number of phenols is 1. The largest absolute Gasteiger partial charge is 0.508 e. The van der Waals surface area contributed by atoms with Crippen molar-refractivity contribution in [2.45, 2.75) is 39.6 Å². The molecule has 1 fully saturated rings. The minimum atomic E-state index is -1.64. The Balaban J connectivity index is 2.30. The summed E-state index contributed by atoms with van der Waals surface area (Å²) in [5.41, 5.74) is 0.406. The Labute approximate surface area is 127 Å². The van der Waals surface area contributed by atoms with Gasteiger partial charge in [-0.1, -0.05) is 13.8 Å². The molecule has 1 spiro atoms. The van der Waals surface area contributed by atoms with Gasteiger partial charge in [-0.15, -0.1) is 0 Å². The van der Waals surface area contributed by atoms with Crippen molar-refractivity contribution in [2.24, 2.45) is 11.3 Å². The topological polar surface area (TPSA) is 93.1 Å². The molecule has 0 amide bonds. The highest BCUT2D eigenvalue weighted by Crippen LogP contribution is 2.58. The number of hydrogen-bond acceptors (Lipinski definition) is 5. The molecule has 2 heterocycles. The summed E-state index contributed by atoms with van der Waals surface area (Å²) in [6, 6.07) is 2.76. The van der Waals surface area contributed by atoms with Gasteiger partial charge in [-0.2, -0.15) is 0 Å². The summed E-state index contributed by atoms with van der Waals surface area (Å²) in [6.07, 6.45) is -0.416. The summed E-state index contributed by atoms with van der Waals surface area (Å²) in [7, 11) is 0. The molecule has 6 heteroatoms. The Morgan fingerprint density at radius 3 is 2.55 bits per heavy atom. The van der Waals surface area contributed by atoms with Gasteiger partial charge < -0.3 is 19.7 Å². The Morgan fingerprint density at radius 1 is 1.32 bits per heavy atom. The van der Waals surface area contributed by atoms with Crippen LogP contribution >= 0.6 is 0 Å². The summed E-state index contributed by atoms with van der Waals surface area (Å²) >= 11 is 0. The van der Waals surface area contributed by atoms with Gasteiger partial charge in [-0.3, -0.25) is 4.79 Å². The molecule has 2 N–H and O–H groups in total. The van der Waals surface area contributed by atoms with Crippen molar-refractivity contribution in [1.82, 2.24) is 0 Å². The lowest BCUT2D eigenvalue weighted by molar-refractivity contribution is -0.215. The number of phenolic OH excluding ortho intramolecular Hbond substituents is 1. The monoisotopic (exact) mass is 306 g/mol. The zero-order valence-corrected chi connectivity index (χ0v) is 12.8. The minimum absolute atomic E-state index is 0.0672. The molecule has 0 radical (unpaired) electrons. The van der Waals surface area contributed by atoms with Gasteiger partial charge in [0.15, 0.2) is 0 Å². The van der Waals surface area contributed by atoms with Crippen LogP contribution in [0.3, 0.4) is 0 Å². The van der Waals surface area contributed by atoms with E-state index in [9.17, 15) is 19.8 Å². The maximum atomic E-state index is 12.2. The fraction of sp³-hybridized carbons (Fsp3) is 0.500. The van der Waals surface area contributed by atoms with E-state index in [4.69, 9.17) is 9.47 Å². The van der Waals surface area contributed by atoms with Crippen LogP contribution in [-0.4, -0.2) is 28.3 Å². The van der Waals surface area contributed by atoms with Crippen LogP contribution < -0.4 is 0 Å². The van der Waals surface area contributed by atoms with Crippen molar-refractivity contribution in [3.8, 4) is 5.75 Å². The summed E-state index contributed by atoms with van der Waals surface area (Å²) in [5.74, 6) is -4.50. The van der Waals surface area contributed by atoms with E-state index in [0.29, 0.717) is 11.1 Å². The number of benzene rings is 1. The highest BCUT2D eigenvalue weighted by atomic mass is 16.7. The molecule has 0 aliphatic carbocycles. The van der Waals surface area contributed by atoms with Crippen molar-refractivity contribution in [2.75, 3.05) is 0 Å². The molecule has 2 aliphatic rings. The highest BCUT2D eigenvalue weighted by molar-refractivity contribution is 5.96. The molecular weight excluding hydrogens is 288 g/mol. The molecule has 3 atom stereocenters. The lowest BCUT2D eigenvalue weighted by Crippen LogP contribution is -2.43. The first kappa shape index (κ1) is 14.8. The van der Waals surface area contributed by atoms with E-state index in [-0.39, 0.29) is 11.3 Å². The number of fused-ring (bicyclic) bond motifs is 2. The van der Waals surface area contributed by atoms with Gasteiger partial charge in [0, 0.05) is 11.0 Å². The molecule has 1 saturated heterocycles. The second kappa shape index (κ2) is 4.23. The normalized spacial score (nSPS) is 32.1. The fourth-order valence-electron chi connectivity index (χ4n) is 3.61. The SMILES string of the molecule is Cc1cc(O)cc2c1C1(OC2=O)OC(C)C(C)(C)C1C(=O)O. The Kier molecular flexibility index (Phi) is 2.85.